The highest BCUT2D eigenvalue weighted by molar-refractivity contribution is 9.09. The van der Waals surface area contributed by atoms with Crippen LogP contribution < -0.4 is 10.1 Å². The van der Waals surface area contributed by atoms with Crippen molar-refractivity contribution in [1.29, 1.82) is 0 Å². The van der Waals surface area contributed by atoms with E-state index in [-0.39, 0.29) is 17.9 Å². The smallest absolute Gasteiger partial charge is 0.227 e. The van der Waals surface area contributed by atoms with Gasteiger partial charge in [0.15, 0.2) is 0 Å². The molecule has 1 amide bonds. The van der Waals surface area contributed by atoms with Crippen LogP contribution in [0.2, 0.25) is 0 Å². The van der Waals surface area contributed by atoms with Crippen LogP contribution in [0.4, 0.5) is 0 Å². The molecule has 3 atom stereocenters. The average Bonchev–Trinajstić information content (AvgIpc) is 2.45. The van der Waals surface area contributed by atoms with Gasteiger partial charge in [0, 0.05) is 11.4 Å². The van der Waals surface area contributed by atoms with Crippen LogP contribution in [0, 0.1) is 11.8 Å². The van der Waals surface area contributed by atoms with Gasteiger partial charge in [0.2, 0.25) is 5.91 Å². The molecule has 1 aliphatic heterocycles. The maximum absolute atomic E-state index is 12.2. The third-order valence-corrected chi connectivity index (χ3v) is 4.74. The molecule has 1 heterocycles. The molecule has 0 fully saturated rings. The Morgan fingerprint density at radius 1 is 1.47 bits per heavy atom. The second kappa shape index (κ2) is 6.42. The first kappa shape index (κ1) is 14.4. The third kappa shape index (κ3) is 3.50. The predicted molar refractivity (Wildman–Crippen MR) is 79.7 cm³/mol. The zero-order valence-electron chi connectivity index (χ0n) is 11.4. The van der Waals surface area contributed by atoms with Crippen LogP contribution in [0.25, 0.3) is 0 Å². The molecule has 0 spiro atoms. The average molecular weight is 326 g/mol. The number of fused-ring (bicyclic) bond motifs is 1. The van der Waals surface area contributed by atoms with E-state index in [4.69, 9.17) is 4.74 Å². The van der Waals surface area contributed by atoms with E-state index in [1.54, 1.807) is 0 Å². The van der Waals surface area contributed by atoms with Gasteiger partial charge in [-0.3, -0.25) is 4.79 Å². The van der Waals surface area contributed by atoms with Crippen molar-refractivity contribution in [3.63, 3.8) is 0 Å². The summed E-state index contributed by atoms with van der Waals surface area (Å²) in [7, 11) is 0. The maximum Gasteiger partial charge on any atom is 0.227 e. The van der Waals surface area contributed by atoms with Crippen LogP contribution in [0.1, 0.15) is 19.4 Å². The van der Waals surface area contributed by atoms with Crippen LogP contribution in [-0.2, 0) is 11.2 Å². The maximum atomic E-state index is 12.2. The van der Waals surface area contributed by atoms with Crippen molar-refractivity contribution in [2.75, 3.05) is 11.9 Å². The Morgan fingerprint density at radius 3 is 2.95 bits per heavy atom. The van der Waals surface area contributed by atoms with Gasteiger partial charge in [-0.15, -0.1) is 0 Å². The molecule has 4 heteroatoms. The van der Waals surface area contributed by atoms with Crippen LogP contribution >= 0.6 is 15.9 Å². The third-order valence-electron chi connectivity index (χ3n) is 3.72. The summed E-state index contributed by atoms with van der Waals surface area (Å²) in [5.74, 6) is 1.34. The second-order valence-corrected chi connectivity index (χ2v) is 5.90. The number of para-hydroxylation sites is 1. The molecular weight excluding hydrogens is 306 g/mol. The van der Waals surface area contributed by atoms with Crippen LogP contribution in [0.3, 0.4) is 0 Å². The normalized spacial score (nSPS) is 20.9. The van der Waals surface area contributed by atoms with Gasteiger partial charge < -0.3 is 10.1 Å². The molecule has 0 aliphatic carbocycles. The van der Waals surface area contributed by atoms with Gasteiger partial charge in [-0.25, -0.2) is 0 Å². The fourth-order valence-corrected chi connectivity index (χ4v) is 2.68. The monoisotopic (exact) mass is 325 g/mol. The minimum Gasteiger partial charge on any atom is -0.492 e. The fraction of sp³-hybridized carbons (Fsp3) is 0.533. The molecule has 0 aromatic heterocycles. The number of halogens is 1. The van der Waals surface area contributed by atoms with Gasteiger partial charge in [0.1, 0.15) is 12.4 Å². The molecule has 3 unspecified atom stereocenters. The molecule has 0 saturated carbocycles. The number of nitrogens with one attached hydrogen (secondary N) is 1. The molecule has 0 bridgehead atoms. The SMILES string of the molecule is CC(CBr)C(C)NC(=O)C1COc2ccccc2C1. The van der Waals surface area contributed by atoms with Crippen LogP contribution in [0.5, 0.6) is 5.75 Å². The first-order chi connectivity index (χ1) is 9.11. The topological polar surface area (TPSA) is 38.3 Å². The van der Waals surface area contributed by atoms with Gasteiger partial charge in [-0.1, -0.05) is 41.1 Å². The summed E-state index contributed by atoms with van der Waals surface area (Å²) < 4.78 is 5.66. The number of carbonyl (C=O) groups excluding carboxylic acids is 1. The molecule has 104 valence electrons. The number of hydrogen-bond donors (Lipinski definition) is 1. The molecule has 1 N–H and O–H groups in total. The van der Waals surface area contributed by atoms with E-state index in [0.717, 1.165) is 23.1 Å². The number of carbonyl (C=O) groups is 1. The van der Waals surface area contributed by atoms with E-state index in [9.17, 15) is 4.79 Å². The summed E-state index contributed by atoms with van der Waals surface area (Å²) in [6.07, 6.45) is 0.761. The molecule has 0 saturated heterocycles. The van der Waals surface area contributed by atoms with E-state index in [2.05, 4.69) is 28.2 Å². The zero-order chi connectivity index (χ0) is 13.8. The van der Waals surface area contributed by atoms with Crippen molar-refractivity contribution in [1.82, 2.24) is 5.32 Å². The van der Waals surface area contributed by atoms with E-state index in [1.807, 2.05) is 31.2 Å². The standard InChI is InChI=1S/C15H20BrNO2/c1-10(8-16)11(2)17-15(18)13-7-12-5-3-4-6-14(12)19-9-13/h3-6,10-11,13H,7-9H2,1-2H3,(H,17,18). The van der Waals surface area contributed by atoms with Crippen LogP contribution in [0.15, 0.2) is 24.3 Å². The minimum absolute atomic E-state index is 0.0834. The lowest BCUT2D eigenvalue weighted by Gasteiger charge is -2.27. The van der Waals surface area contributed by atoms with Crippen LogP contribution in [-0.4, -0.2) is 23.9 Å². The van der Waals surface area contributed by atoms with E-state index in [0.29, 0.717) is 12.5 Å². The summed E-state index contributed by atoms with van der Waals surface area (Å²) in [4.78, 5) is 12.2. The van der Waals surface area contributed by atoms with Crippen molar-refractivity contribution < 1.29 is 9.53 Å². The molecule has 1 aliphatic rings. The van der Waals surface area contributed by atoms with Crippen molar-refractivity contribution in [2.45, 2.75) is 26.3 Å². The Balaban J connectivity index is 1.95. The largest absolute Gasteiger partial charge is 0.492 e. The van der Waals surface area contributed by atoms with Crippen molar-refractivity contribution >= 4 is 21.8 Å². The number of ether oxygens (including phenoxy) is 1. The van der Waals surface area contributed by atoms with E-state index in [1.165, 1.54) is 0 Å². The van der Waals surface area contributed by atoms with Gasteiger partial charge in [0.25, 0.3) is 0 Å². The van der Waals surface area contributed by atoms with Gasteiger partial charge in [-0.05, 0) is 30.9 Å². The quantitative estimate of drug-likeness (QED) is 0.864. The molecule has 0 radical (unpaired) electrons. The van der Waals surface area contributed by atoms with Gasteiger partial charge in [-0.2, -0.15) is 0 Å². The summed E-state index contributed by atoms with van der Waals surface area (Å²) in [5, 5.41) is 3.97. The van der Waals surface area contributed by atoms with Gasteiger partial charge >= 0.3 is 0 Å². The lowest BCUT2D eigenvalue weighted by Crippen LogP contribution is -2.44. The lowest BCUT2D eigenvalue weighted by molar-refractivity contribution is -0.127. The fourth-order valence-electron chi connectivity index (χ4n) is 2.11. The lowest BCUT2D eigenvalue weighted by atomic mass is 9.95. The van der Waals surface area contributed by atoms with E-state index < -0.39 is 0 Å². The molecule has 2 rings (SSSR count). The van der Waals surface area contributed by atoms with Crippen molar-refractivity contribution in [2.24, 2.45) is 11.8 Å². The van der Waals surface area contributed by atoms with Gasteiger partial charge in [0.05, 0.1) is 5.92 Å². The highest BCUT2D eigenvalue weighted by atomic mass is 79.9. The summed E-state index contributed by atoms with van der Waals surface area (Å²) in [5.41, 5.74) is 1.12. The highest BCUT2D eigenvalue weighted by Gasteiger charge is 2.27. The summed E-state index contributed by atoms with van der Waals surface area (Å²) in [6.45, 7) is 4.63. The number of benzene rings is 1. The Morgan fingerprint density at radius 2 is 2.21 bits per heavy atom. The van der Waals surface area contributed by atoms with Crippen molar-refractivity contribution in [3.05, 3.63) is 29.8 Å². The molecule has 1 aromatic rings. The first-order valence-corrected chi connectivity index (χ1v) is 7.81. The second-order valence-electron chi connectivity index (χ2n) is 5.25. The molecule has 1 aromatic carbocycles. The molecule has 19 heavy (non-hydrogen) atoms. The Labute approximate surface area is 122 Å². The minimum atomic E-state index is -0.0834. The number of amides is 1. The number of hydrogen-bond acceptors (Lipinski definition) is 2. The zero-order valence-corrected chi connectivity index (χ0v) is 12.9. The molecule has 3 nitrogen and oxygen atoms in total. The molecular formula is C15H20BrNO2. The predicted octanol–water partition coefficient (Wildman–Crippen LogP) is 2.77. The summed E-state index contributed by atoms with van der Waals surface area (Å²) >= 11 is 3.45. The Hall–Kier alpha value is -1.03. The summed E-state index contributed by atoms with van der Waals surface area (Å²) in [6, 6.07) is 8.10. The first-order valence-electron chi connectivity index (χ1n) is 6.69. The number of rotatable bonds is 4. The van der Waals surface area contributed by atoms with E-state index >= 15 is 0 Å². The number of alkyl halides is 1. The Bertz CT molecular complexity index is 450. The van der Waals surface area contributed by atoms with Crippen molar-refractivity contribution in [3.8, 4) is 5.75 Å². The highest BCUT2D eigenvalue weighted by Crippen LogP contribution is 2.27. The Kier molecular flexibility index (Phi) is 4.86.